The van der Waals surface area contributed by atoms with Gasteiger partial charge in [0.25, 0.3) is 0 Å². The Balaban J connectivity index is 0.00000107. The zero-order valence-electron chi connectivity index (χ0n) is 30.2. The summed E-state index contributed by atoms with van der Waals surface area (Å²) in [7, 11) is 8.50. The van der Waals surface area contributed by atoms with Crippen molar-refractivity contribution in [3.8, 4) is 23.0 Å². The van der Waals surface area contributed by atoms with Gasteiger partial charge in [-0.05, 0) is 104 Å². The number of ether oxygens (including phenoxy) is 4. The summed E-state index contributed by atoms with van der Waals surface area (Å²) in [5, 5.41) is 0. The van der Waals surface area contributed by atoms with Gasteiger partial charge < -0.3 is 23.4 Å². The Bertz CT molecular complexity index is 1230. The third-order valence-corrected chi connectivity index (χ3v) is 7.01. The molecule has 46 heavy (non-hydrogen) atoms. The molecule has 4 rings (SSSR count). The molecule has 0 fully saturated rings. The molecule has 0 unspecified atom stereocenters. The Labute approximate surface area is 279 Å². The van der Waals surface area contributed by atoms with Crippen LogP contribution in [0.1, 0.15) is 55.4 Å². The molecule has 0 bridgehead atoms. The average molecular weight is 626 g/mol. The molecule has 4 aromatic carbocycles. The predicted molar refractivity (Wildman–Crippen MR) is 197 cm³/mol. The van der Waals surface area contributed by atoms with Crippen molar-refractivity contribution in [3.63, 3.8) is 0 Å². The van der Waals surface area contributed by atoms with Gasteiger partial charge >= 0.3 is 0 Å². The van der Waals surface area contributed by atoms with Crippen LogP contribution in [-0.2, 0) is 0 Å². The fourth-order valence-corrected chi connectivity index (χ4v) is 5.58. The number of quaternary nitrogens is 1. The second-order valence-corrected chi connectivity index (χ2v) is 14.5. The highest BCUT2D eigenvalue weighted by Crippen LogP contribution is 2.20. The van der Waals surface area contributed by atoms with Crippen molar-refractivity contribution in [3.05, 3.63) is 97.1 Å². The van der Waals surface area contributed by atoms with Crippen LogP contribution >= 0.6 is 0 Å². The second kappa shape index (κ2) is 16.1. The quantitative estimate of drug-likeness (QED) is 0.133. The summed E-state index contributed by atoms with van der Waals surface area (Å²) >= 11 is 0. The Kier molecular flexibility index (Phi) is 12.8. The largest absolute Gasteiger partial charge is 0.491 e. The van der Waals surface area contributed by atoms with E-state index < -0.39 is 6.15 Å². The Morgan fingerprint density at radius 1 is 0.348 bits per heavy atom. The van der Waals surface area contributed by atoms with E-state index in [-0.39, 0.29) is 24.4 Å². The van der Waals surface area contributed by atoms with Crippen LogP contribution in [0.3, 0.4) is 0 Å². The molecule has 0 atom stereocenters. The summed E-state index contributed by atoms with van der Waals surface area (Å²) < 4.78 is 25.1. The maximum absolute atomic E-state index is 6.01. The number of hydrogen-bond acceptors (Lipinski definition) is 4. The smallest absolute Gasteiger partial charge is 0.119 e. The zero-order chi connectivity index (χ0) is 34.1. The molecule has 0 aromatic heterocycles. The fraction of sp³-hybridized carbons (Fsp3) is 0.400. The van der Waals surface area contributed by atoms with E-state index in [9.17, 15) is 0 Å². The lowest BCUT2D eigenvalue weighted by atomic mass is 9.13. The minimum absolute atomic E-state index is 0.103. The van der Waals surface area contributed by atoms with Crippen molar-refractivity contribution >= 4 is 28.0 Å². The first-order chi connectivity index (χ1) is 21.6. The summed E-state index contributed by atoms with van der Waals surface area (Å²) in [4.78, 5) is 0. The van der Waals surface area contributed by atoms with E-state index in [0.717, 1.165) is 27.5 Å². The van der Waals surface area contributed by atoms with Crippen molar-refractivity contribution in [2.75, 3.05) is 28.2 Å². The van der Waals surface area contributed by atoms with Gasteiger partial charge in [-0.2, -0.15) is 21.9 Å². The van der Waals surface area contributed by atoms with E-state index in [1.54, 1.807) is 0 Å². The molecule has 0 amide bonds. The summed E-state index contributed by atoms with van der Waals surface area (Å²) in [6, 6.07) is 34.2. The van der Waals surface area contributed by atoms with Crippen molar-refractivity contribution in [2.45, 2.75) is 79.8 Å². The Morgan fingerprint density at radius 2 is 0.500 bits per heavy atom. The molecular formula is C40H56BNO4. The number of benzene rings is 4. The van der Waals surface area contributed by atoms with Gasteiger partial charge in [-0.3, -0.25) is 0 Å². The summed E-state index contributed by atoms with van der Waals surface area (Å²) in [5.74, 6) is 3.43. The van der Waals surface area contributed by atoms with Gasteiger partial charge in [0.05, 0.1) is 52.6 Å². The van der Waals surface area contributed by atoms with E-state index in [1.165, 1.54) is 21.9 Å². The third kappa shape index (κ3) is 10.6. The lowest BCUT2D eigenvalue weighted by molar-refractivity contribution is -0.849. The molecule has 0 radical (unpaired) electrons. The minimum atomic E-state index is -1.59. The van der Waals surface area contributed by atoms with Crippen LogP contribution in [-0.4, -0.2) is 63.2 Å². The van der Waals surface area contributed by atoms with Crippen molar-refractivity contribution in [2.24, 2.45) is 0 Å². The predicted octanol–water partition coefficient (Wildman–Crippen LogP) is 6.54. The van der Waals surface area contributed by atoms with Gasteiger partial charge in [0.15, 0.2) is 0 Å². The molecule has 4 aromatic rings. The highest BCUT2D eigenvalue weighted by Gasteiger charge is 2.32. The van der Waals surface area contributed by atoms with Gasteiger partial charge in [-0.25, -0.2) is 0 Å². The molecule has 0 aliphatic heterocycles. The van der Waals surface area contributed by atoms with Crippen LogP contribution in [0.25, 0.3) is 0 Å². The van der Waals surface area contributed by atoms with E-state index in [4.69, 9.17) is 18.9 Å². The van der Waals surface area contributed by atoms with Gasteiger partial charge in [-0.15, -0.1) is 0 Å². The van der Waals surface area contributed by atoms with Crippen molar-refractivity contribution < 1.29 is 23.4 Å². The molecule has 0 N–H and O–H groups in total. The molecule has 0 spiro atoms. The van der Waals surface area contributed by atoms with Crippen LogP contribution in [0.2, 0.25) is 0 Å². The van der Waals surface area contributed by atoms with Crippen molar-refractivity contribution in [1.29, 1.82) is 0 Å². The van der Waals surface area contributed by atoms with Gasteiger partial charge in [-0.1, -0.05) is 48.5 Å². The molecular weight excluding hydrogens is 569 g/mol. The first-order valence-electron chi connectivity index (χ1n) is 16.6. The Hall–Kier alpha value is -3.90. The monoisotopic (exact) mass is 625 g/mol. The lowest BCUT2D eigenvalue weighted by Gasteiger charge is -2.44. The number of hydrogen-bond donors (Lipinski definition) is 0. The van der Waals surface area contributed by atoms with Gasteiger partial charge in [0.1, 0.15) is 29.1 Å². The number of nitrogens with zero attached hydrogens (tertiary/aromatic N) is 1. The van der Waals surface area contributed by atoms with Crippen LogP contribution in [0.4, 0.5) is 0 Å². The average Bonchev–Trinajstić information content (AvgIpc) is 2.94. The normalized spacial score (nSPS) is 11.8. The zero-order valence-corrected chi connectivity index (χ0v) is 30.2. The number of rotatable bonds is 12. The van der Waals surface area contributed by atoms with Gasteiger partial charge in [0, 0.05) is 0 Å². The molecule has 0 heterocycles. The molecule has 0 aliphatic rings. The van der Waals surface area contributed by atoms with E-state index >= 15 is 0 Å². The van der Waals surface area contributed by atoms with Gasteiger partial charge in [0.2, 0.25) is 0 Å². The summed E-state index contributed by atoms with van der Waals surface area (Å²) in [5.41, 5.74) is 4.75. The lowest BCUT2D eigenvalue weighted by Crippen LogP contribution is -2.74. The molecule has 5 nitrogen and oxygen atoms in total. The Morgan fingerprint density at radius 3 is 0.630 bits per heavy atom. The molecule has 0 saturated carbocycles. The van der Waals surface area contributed by atoms with Crippen LogP contribution in [0.15, 0.2) is 97.1 Å². The first-order valence-corrected chi connectivity index (χ1v) is 16.6. The molecule has 0 aliphatic carbocycles. The van der Waals surface area contributed by atoms with Crippen LogP contribution in [0.5, 0.6) is 23.0 Å². The standard InChI is InChI=1S/C36H44BO4.C4H12N/c1-25(2)38-33-17-9-29(10-18-33)37(30-11-19-34(20-12-30)39-26(3)4,31-13-21-35(22-14-31)40-27(5)6)32-15-23-36(24-16-32)41-28(7)8;1-5(2,3)4/h9-28H,1-8H3;1-4H3/q-1;+1. The summed E-state index contributed by atoms with van der Waals surface area (Å²) in [6.07, 6.45) is -1.18. The highest BCUT2D eigenvalue weighted by molar-refractivity contribution is 7.19. The van der Waals surface area contributed by atoms with Crippen LogP contribution in [0, 0.1) is 0 Å². The highest BCUT2D eigenvalue weighted by atomic mass is 16.5. The maximum atomic E-state index is 6.01. The van der Waals surface area contributed by atoms with E-state index in [2.05, 4.69) is 125 Å². The second-order valence-electron chi connectivity index (χ2n) is 14.5. The maximum Gasteiger partial charge on any atom is 0.119 e. The van der Waals surface area contributed by atoms with E-state index in [1.807, 2.05) is 55.4 Å². The molecule has 6 heteroatoms. The topological polar surface area (TPSA) is 36.9 Å². The third-order valence-electron chi connectivity index (χ3n) is 7.01. The van der Waals surface area contributed by atoms with Crippen molar-refractivity contribution in [1.82, 2.24) is 0 Å². The summed E-state index contributed by atoms with van der Waals surface area (Å²) in [6.45, 7) is 16.4. The molecule has 248 valence electrons. The first kappa shape index (κ1) is 36.6. The van der Waals surface area contributed by atoms with E-state index in [0.29, 0.717) is 0 Å². The molecule has 0 saturated heterocycles. The fourth-order valence-electron chi connectivity index (χ4n) is 5.58. The van der Waals surface area contributed by atoms with Crippen LogP contribution < -0.4 is 40.8 Å². The SMILES string of the molecule is CC(C)Oc1ccc([B-](c2ccc(OC(C)C)cc2)(c2ccc(OC(C)C)cc2)c2ccc(OC(C)C)cc2)cc1.C[N+](C)(C)C. The minimum Gasteiger partial charge on any atom is -0.491 e.